The quantitative estimate of drug-likeness (QED) is 0.656. The Morgan fingerprint density at radius 2 is 1.97 bits per heavy atom. The molecular formula is C25H27N5O2. The minimum atomic E-state index is -0.291. The lowest BCUT2D eigenvalue weighted by atomic mass is 10.1. The molecule has 0 spiro atoms. The SMILES string of the molecule is O=C([C@@H]1CCCCO1)N1CC[C@@H](c2nc(Nc3ccccc3)cc(-c3cccnc3)n2)C1. The number of hydrogen-bond acceptors (Lipinski definition) is 6. The van der Waals surface area contributed by atoms with Gasteiger partial charge in [0.05, 0.1) is 5.69 Å². The summed E-state index contributed by atoms with van der Waals surface area (Å²) in [6, 6.07) is 15.8. The van der Waals surface area contributed by atoms with E-state index in [1.165, 1.54) is 0 Å². The minimum absolute atomic E-state index is 0.0930. The predicted molar refractivity (Wildman–Crippen MR) is 123 cm³/mol. The van der Waals surface area contributed by atoms with Gasteiger partial charge in [-0.1, -0.05) is 18.2 Å². The number of hydrogen-bond donors (Lipinski definition) is 1. The molecule has 2 aromatic heterocycles. The Hall–Kier alpha value is -3.32. The van der Waals surface area contributed by atoms with E-state index >= 15 is 0 Å². The number of anilines is 2. The van der Waals surface area contributed by atoms with Crippen LogP contribution in [-0.2, 0) is 9.53 Å². The summed E-state index contributed by atoms with van der Waals surface area (Å²) in [6.07, 6.45) is 7.03. The lowest BCUT2D eigenvalue weighted by molar-refractivity contribution is -0.145. The molecule has 2 atom stereocenters. The van der Waals surface area contributed by atoms with Crippen molar-refractivity contribution in [3.05, 3.63) is 66.7 Å². The van der Waals surface area contributed by atoms with Crippen LogP contribution in [0.4, 0.5) is 11.5 Å². The molecule has 0 saturated carbocycles. The van der Waals surface area contributed by atoms with E-state index in [9.17, 15) is 4.79 Å². The van der Waals surface area contributed by atoms with E-state index in [1.807, 2.05) is 59.6 Å². The molecule has 1 N–H and O–H groups in total. The van der Waals surface area contributed by atoms with Crippen molar-refractivity contribution in [1.29, 1.82) is 0 Å². The largest absolute Gasteiger partial charge is 0.368 e. The van der Waals surface area contributed by atoms with Crippen LogP contribution in [0.25, 0.3) is 11.3 Å². The topological polar surface area (TPSA) is 80.2 Å². The number of benzene rings is 1. The molecule has 32 heavy (non-hydrogen) atoms. The number of aromatic nitrogens is 3. The maximum Gasteiger partial charge on any atom is 0.251 e. The molecule has 0 unspecified atom stereocenters. The Balaban J connectivity index is 1.40. The van der Waals surface area contributed by atoms with Crippen molar-refractivity contribution in [1.82, 2.24) is 19.9 Å². The van der Waals surface area contributed by atoms with E-state index in [2.05, 4.69) is 10.3 Å². The molecular weight excluding hydrogens is 402 g/mol. The summed E-state index contributed by atoms with van der Waals surface area (Å²) in [6.45, 7) is 2.02. The van der Waals surface area contributed by atoms with Gasteiger partial charge in [0, 0.05) is 55.3 Å². The van der Waals surface area contributed by atoms with Crippen molar-refractivity contribution >= 4 is 17.4 Å². The molecule has 0 radical (unpaired) electrons. The number of nitrogens with zero attached hydrogens (tertiary/aromatic N) is 4. The number of carbonyl (C=O) groups excluding carboxylic acids is 1. The Morgan fingerprint density at radius 1 is 1.06 bits per heavy atom. The number of rotatable bonds is 5. The molecule has 0 aliphatic carbocycles. The van der Waals surface area contributed by atoms with Gasteiger partial charge in [-0.15, -0.1) is 0 Å². The van der Waals surface area contributed by atoms with E-state index < -0.39 is 0 Å². The number of likely N-dealkylation sites (tertiary alicyclic amines) is 1. The highest BCUT2D eigenvalue weighted by atomic mass is 16.5. The summed E-state index contributed by atoms with van der Waals surface area (Å²) < 4.78 is 5.72. The summed E-state index contributed by atoms with van der Waals surface area (Å²) in [4.78, 5) is 28.8. The number of para-hydroxylation sites is 1. The van der Waals surface area contributed by atoms with Crippen molar-refractivity contribution in [2.75, 3.05) is 25.0 Å². The van der Waals surface area contributed by atoms with Gasteiger partial charge in [-0.25, -0.2) is 9.97 Å². The number of nitrogens with one attached hydrogen (secondary N) is 1. The van der Waals surface area contributed by atoms with Crippen molar-refractivity contribution in [3.8, 4) is 11.3 Å². The van der Waals surface area contributed by atoms with Crippen molar-refractivity contribution < 1.29 is 9.53 Å². The third-order valence-electron chi connectivity index (χ3n) is 6.07. The zero-order chi connectivity index (χ0) is 21.8. The molecule has 2 aliphatic heterocycles. The van der Waals surface area contributed by atoms with Crippen LogP contribution in [0, 0.1) is 0 Å². The van der Waals surface area contributed by atoms with Crippen LogP contribution in [-0.4, -0.2) is 51.6 Å². The summed E-state index contributed by atoms with van der Waals surface area (Å²) in [7, 11) is 0. The minimum Gasteiger partial charge on any atom is -0.368 e. The molecule has 7 nitrogen and oxygen atoms in total. The van der Waals surface area contributed by atoms with Crippen LogP contribution < -0.4 is 5.32 Å². The van der Waals surface area contributed by atoms with Crippen molar-refractivity contribution in [2.45, 2.75) is 37.7 Å². The number of amides is 1. The lowest BCUT2D eigenvalue weighted by Crippen LogP contribution is -2.40. The fourth-order valence-corrected chi connectivity index (χ4v) is 4.35. The van der Waals surface area contributed by atoms with Gasteiger partial charge in [0.2, 0.25) is 0 Å². The van der Waals surface area contributed by atoms with Gasteiger partial charge in [-0.05, 0) is 49.9 Å². The fraction of sp³-hybridized carbons (Fsp3) is 0.360. The monoisotopic (exact) mass is 429 g/mol. The molecule has 2 saturated heterocycles. The molecule has 2 aliphatic rings. The highest BCUT2D eigenvalue weighted by molar-refractivity contribution is 5.81. The predicted octanol–water partition coefficient (Wildman–Crippen LogP) is 4.17. The second kappa shape index (κ2) is 9.44. The smallest absolute Gasteiger partial charge is 0.251 e. The van der Waals surface area contributed by atoms with Crippen molar-refractivity contribution in [2.24, 2.45) is 0 Å². The van der Waals surface area contributed by atoms with E-state index in [0.29, 0.717) is 19.7 Å². The molecule has 2 fully saturated rings. The van der Waals surface area contributed by atoms with Crippen LogP contribution >= 0.6 is 0 Å². The summed E-state index contributed by atoms with van der Waals surface area (Å²) in [5.74, 6) is 1.69. The Bertz CT molecular complexity index is 1050. The first kappa shape index (κ1) is 20.6. The van der Waals surface area contributed by atoms with Gasteiger partial charge in [-0.2, -0.15) is 0 Å². The van der Waals surface area contributed by atoms with E-state index in [4.69, 9.17) is 14.7 Å². The molecule has 4 heterocycles. The Kier molecular flexibility index (Phi) is 6.07. The molecule has 164 valence electrons. The number of carbonyl (C=O) groups is 1. The third-order valence-corrected chi connectivity index (χ3v) is 6.07. The second-order valence-corrected chi connectivity index (χ2v) is 8.35. The molecule has 0 bridgehead atoms. The molecule has 7 heteroatoms. The number of pyridine rings is 1. The first-order chi connectivity index (χ1) is 15.8. The summed E-state index contributed by atoms with van der Waals surface area (Å²) >= 11 is 0. The maximum atomic E-state index is 12.9. The van der Waals surface area contributed by atoms with E-state index in [0.717, 1.165) is 54.3 Å². The molecule has 1 aromatic carbocycles. The van der Waals surface area contributed by atoms with Crippen LogP contribution in [0.5, 0.6) is 0 Å². The standard InChI is InChI=1S/C25H27N5O2/c31-25(22-10-4-5-14-32-22)30-13-11-19(17-30)24-28-21(18-7-6-12-26-16-18)15-23(29-24)27-20-8-2-1-3-9-20/h1-3,6-9,12,15-16,19,22H,4-5,10-11,13-14,17H2,(H,27,28,29)/t19-,22+/m1/s1. The van der Waals surface area contributed by atoms with Crippen LogP contribution in [0.3, 0.4) is 0 Å². The number of ether oxygens (including phenoxy) is 1. The lowest BCUT2D eigenvalue weighted by Gasteiger charge is -2.26. The van der Waals surface area contributed by atoms with Gasteiger partial charge >= 0.3 is 0 Å². The van der Waals surface area contributed by atoms with Crippen LogP contribution in [0.2, 0.25) is 0 Å². The molecule has 1 amide bonds. The van der Waals surface area contributed by atoms with Gasteiger partial charge in [-0.3, -0.25) is 9.78 Å². The van der Waals surface area contributed by atoms with Crippen molar-refractivity contribution in [3.63, 3.8) is 0 Å². The Labute approximate surface area is 187 Å². The zero-order valence-corrected chi connectivity index (χ0v) is 18.0. The zero-order valence-electron chi connectivity index (χ0n) is 18.0. The van der Waals surface area contributed by atoms with Crippen LogP contribution in [0.1, 0.15) is 37.4 Å². The fourth-order valence-electron chi connectivity index (χ4n) is 4.35. The maximum absolute atomic E-state index is 12.9. The summed E-state index contributed by atoms with van der Waals surface area (Å²) in [5, 5.41) is 3.39. The highest BCUT2D eigenvalue weighted by Gasteiger charge is 2.34. The average molecular weight is 430 g/mol. The third kappa shape index (κ3) is 4.62. The first-order valence-electron chi connectivity index (χ1n) is 11.3. The summed E-state index contributed by atoms with van der Waals surface area (Å²) in [5.41, 5.74) is 2.72. The first-order valence-corrected chi connectivity index (χ1v) is 11.3. The van der Waals surface area contributed by atoms with E-state index in [1.54, 1.807) is 6.20 Å². The van der Waals surface area contributed by atoms with Crippen LogP contribution in [0.15, 0.2) is 60.9 Å². The van der Waals surface area contributed by atoms with Gasteiger partial charge in [0.25, 0.3) is 5.91 Å². The van der Waals surface area contributed by atoms with Gasteiger partial charge in [0.15, 0.2) is 0 Å². The van der Waals surface area contributed by atoms with Gasteiger partial charge < -0.3 is 15.0 Å². The molecule has 5 rings (SSSR count). The normalized spacial score (nSPS) is 20.8. The second-order valence-electron chi connectivity index (χ2n) is 8.35. The highest BCUT2D eigenvalue weighted by Crippen LogP contribution is 2.30. The molecule has 3 aromatic rings. The average Bonchev–Trinajstić information content (AvgIpc) is 3.36. The van der Waals surface area contributed by atoms with E-state index in [-0.39, 0.29) is 17.9 Å². The Morgan fingerprint density at radius 3 is 2.75 bits per heavy atom. The van der Waals surface area contributed by atoms with Gasteiger partial charge in [0.1, 0.15) is 17.7 Å².